The van der Waals surface area contributed by atoms with Crippen LogP contribution in [0.15, 0.2) is 22.7 Å². The van der Waals surface area contributed by atoms with Crippen molar-refractivity contribution in [3.05, 3.63) is 34.1 Å². The number of rotatable bonds is 3. The van der Waals surface area contributed by atoms with Crippen molar-refractivity contribution in [2.24, 2.45) is 5.92 Å². The summed E-state index contributed by atoms with van der Waals surface area (Å²) in [4.78, 5) is 28.5. The van der Waals surface area contributed by atoms with E-state index in [2.05, 4.69) is 21.4 Å². The average Bonchev–Trinajstić information content (AvgIpc) is 2.98. The number of hydrogen-bond acceptors (Lipinski definition) is 5. The van der Waals surface area contributed by atoms with Gasteiger partial charge in [0.25, 0.3) is 0 Å². The molecule has 4 unspecified atom stereocenters. The number of carbonyl (C=O) groups excluding carboxylic acids is 1. The molecule has 3 rings (SSSR count). The molecule has 1 aromatic rings. The van der Waals surface area contributed by atoms with Gasteiger partial charge in [-0.3, -0.25) is 9.63 Å². The predicted octanol–water partition coefficient (Wildman–Crippen LogP) is 1.38. The second-order valence-electron chi connectivity index (χ2n) is 5.44. The molecule has 4 atom stereocenters. The van der Waals surface area contributed by atoms with Crippen LogP contribution < -0.4 is 5.48 Å². The minimum atomic E-state index is -1.25. The molecule has 2 saturated heterocycles. The lowest BCUT2D eigenvalue weighted by atomic mass is 9.75. The van der Waals surface area contributed by atoms with Gasteiger partial charge in [-0.05, 0) is 25.1 Å². The van der Waals surface area contributed by atoms with Crippen molar-refractivity contribution in [3.8, 4) is 0 Å². The molecule has 6 nitrogen and oxygen atoms in total. The summed E-state index contributed by atoms with van der Waals surface area (Å²) < 4.78 is 20.3. The number of fused-ring (bicyclic) bond motifs is 1. The molecule has 0 spiro atoms. The molecule has 22 heavy (non-hydrogen) atoms. The maximum Gasteiger partial charge on any atom is 0.333 e. The highest BCUT2D eigenvalue weighted by Gasteiger charge is 2.63. The van der Waals surface area contributed by atoms with E-state index >= 15 is 0 Å². The summed E-state index contributed by atoms with van der Waals surface area (Å²) in [5.74, 6) is -2.93. The fourth-order valence-electron chi connectivity index (χ4n) is 3.15. The molecule has 0 aliphatic carbocycles. The van der Waals surface area contributed by atoms with Crippen LogP contribution in [-0.2, 0) is 24.7 Å². The van der Waals surface area contributed by atoms with Crippen molar-refractivity contribution in [2.45, 2.75) is 24.7 Å². The van der Waals surface area contributed by atoms with Gasteiger partial charge < -0.3 is 9.84 Å². The van der Waals surface area contributed by atoms with Crippen molar-refractivity contribution in [1.82, 2.24) is 5.48 Å². The summed E-state index contributed by atoms with van der Waals surface area (Å²) in [6.07, 6.45) is -2.26. The normalized spacial score (nSPS) is 33.7. The lowest BCUT2D eigenvalue weighted by molar-refractivity contribution is -0.153. The van der Waals surface area contributed by atoms with Crippen LogP contribution in [0.5, 0.6) is 0 Å². The van der Waals surface area contributed by atoms with Gasteiger partial charge in [-0.25, -0.2) is 9.18 Å². The van der Waals surface area contributed by atoms with Crippen LogP contribution in [0.4, 0.5) is 4.39 Å². The zero-order chi connectivity index (χ0) is 16.1. The number of nitrogens with one attached hydrogen (secondary N) is 1. The summed E-state index contributed by atoms with van der Waals surface area (Å²) in [5.41, 5.74) is 1.66. The summed E-state index contributed by atoms with van der Waals surface area (Å²) in [6.45, 7) is 1.20. The molecular formula is C14H13BrFNO5. The standard InChI is InChI=1S/C14H13BrFNO5/c1-6(18)11-10-12(13(19)20)21-5-14(10,17-22-11)8-4-7(15)2-3-9(8)16/h2-4,10-12,17H,5H2,1H3,(H,19,20). The number of carbonyl (C=O) groups is 2. The van der Waals surface area contributed by atoms with Gasteiger partial charge in [0.05, 0.1) is 12.5 Å². The Morgan fingerprint density at radius 2 is 2.18 bits per heavy atom. The van der Waals surface area contributed by atoms with Gasteiger partial charge in [-0.15, -0.1) is 0 Å². The molecule has 0 radical (unpaired) electrons. The maximum absolute atomic E-state index is 14.3. The van der Waals surface area contributed by atoms with Crippen molar-refractivity contribution >= 4 is 27.7 Å². The van der Waals surface area contributed by atoms with E-state index in [9.17, 15) is 19.1 Å². The third kappa shape index (κ3) is 2.18. The van der Waals surface area contributed by atoms with Gasteiger partial charge in [-0.1, -0.05) is 15.9 Å². The molecule has 0 bridgehead atoms. The molecule has 2 aliphatic heterocycles. The highest BCUT2D eigenvalue weighted by atomic mass is 79.9. The number of halogens is 2. The third-order valence-corrected chi connectivity index (χ3v) is 4.63. The SMILES string of the molecule is CC(=O)C1ONC2(c3cc(Br)ccc3F)COC(C(=O)O)C12. The Morgan fingerprint density at radius 1 is 1.45 bits per heavy atom. The molecule has 0 aromatic heterocycles. The molecule has 0 saturated carbocycles. The lowest BCUT2D eigenvalue weighted by Crippen LogP contribution is -2.46. The van der Waals surface area contributed by atoms with E-state index in [1.165, 1.54) is 25.1 Å². The lowest BCUT2D eigenvalue weighted by Gasteiger charge is -2.28. The summed E-state index contributed by atoms with van der Waals surface area (Å²) in [7, 11) is 0. The number of hydroxylamine groups is 1. The first kappa shape index (κ1) is 15.5. The number of Topliss-reactive ketones (excluding diaryl/α,β-unsaturated/α-hetero) is 1. The highest BCUT2D eigenvalue weighted by molar-refractivity contribution is 9.10. The van der Waals surface area contributed by atoms with Gasteiger partial charge in [-0.2, -0.15) is 5.48 Å². The number of aliphatic carboxylic acids is 1. The van der Waals surface area contributed by atoms with Gasteiger partial charge in [0.15, 0.2) is 11.9 Å². The van der Waals surface area contributed by atoms with Gasteiger partial charge in [0.2, 0.25) is 0 Å². The van der Waals surface area contributed by atoms with Crippen LogP contribution >= 0.6 is 15.9 Å². The van der Waals surface area contributed by atoms with E-state index in [1.54, 1.807) is 0 Å². The first-order chi connectivity index (χ1) is 10.4. The van der Waals surface area contributed by atoms with Crippen molar-refractivity contribution in [3.63, 3.8) is 0 Å². The second-order valence-corrected chi connectivity index (χ2v) is 6.36. The van der Waals surface area contributed by atoms with Crippen molar-refractivity contribution < 1.29 is 28.7 Å². The number of benzene rings is 1. The molecule has 2 aliphatic rings. The molecule has 8 heteroatoms. The van der Waals surface area contributed by atoms with E-state index in [1.807, 2.05) is 0 Å². The van der Waals surface area contributed by atoms with E-state index in [0.29, 0.717) is 4.47 Å². The average molecular weight is 374 g/mol. The Labute approximate surface area is 133 Å². The number of carboxylic acid groups (broad SMARTS) is 1. The Hall–Kier alpha value is -1.35. The van der Waals surface area contributed by atoms with Crippen molar-refractivity contribution in [2.75, 3.05) is 6.61 Å². The third-order valence-electron chi connectivity index (χ3n) is 4.13. The van der Waals surface area contributed by atoms with Crippen LogP contribution in [-0.4, -0.2) is 35.7 Å². The Balaban J connectivity index is 2.13. The summed E-state index contributed by atoms with van der Waals surface area (Å²) in [5, 5.41) is 9.32. The van der Waals surface area contributed by atoms with E-state index in [0.717, 1.165) is 0 Å². The largest absolute Gasteiger partial charge is 0.479 e. The maximum atomic E-state index is 14.3. The van der Waals surface area contributed by atoms with Crippen LogP contribution in [0.3, 0.4) is 0 Å². The minimum absolute atomic E-state index is 0.105. The molecular weight excluding hydrogens is 361 g/mol. The monoisotopic (exact) mass is 373 g/mol. The fourth-order valence-corrected chi connectivity index (χ4v) is 3.51. The zero-order valence-electron chi connectivity index (χ0n) is 11.5. The zero-order valence-corrected chi connectivity index (χ0v) is 13.1. The molecule has 0 amide bonds. The predicted molar refractivity (Wildman–Crippen MR) is 75.3 cm³/mol. The molecule has 118 valence electrons. The quantitative estimate of drug-likeness (QED) is 0.832. The molecule has 2 fully saturated rings. The van der Waals surface area contributed by atoms with Crippen molar-refractivity contribution in [1.29, 1.82) is 0 Å². The number of ketones is 1. The molecule has 1 aromatic carbocycles. The van der Waals surface area contributed by atoms with Crippen LogP contribution in [0.1, 0.15) is 12.5 Å². The van der Waals surface area contributed by atoms with E-state index < -0.39 is 35.5 Å². The first-order valence-corrected chi connectivity index (χ1v) is 7.39. The van der Waals surface area contributed by atoms with Crippen LogP contribution in [0, 0.1) is 11.7 Å². The number of carboxylic acids is 1. The Morgan fingerprint density at radius 3 is 2.82 bits per heavy atom. The summed E-state index contributed by atoms with van der Waals surface area (Å²) in [6, 6.07) is 4.34. The summed E-state index contributed by atoms with van der Waals surface area (Å²) >= 11 is 3.27. The first-order valence-electron chi connectivity index (χ1n) is 6.60. The Bertz CT molecular complexity index is 626. The van der Waals surface area contributed by atoms with Crippen LogP contribution in [0.2, 0.25) is 0 Å². The topological polar surface area (TPSA) is 84.9 Å². The van der Waals surface area contributed by atoms with Crippen LogP contribution in [0.25, 0.3) is 0 Å². The molecule has 2 heterocycles. The number of hydrogen-bond donors (Lipinski definition) is 2. The number of ether oxygens (including phenoxy) is 1. The highest BCUT2D eigenvalue weighted by Crippen LogP contribution is 2.47. The van der Waals surface area contributed by atoms with E-state index in [4.69, 9.17) is 9.57 Å². The molecule has 2 N–H and O–H groups in total. The fraction of sp³-hybridized carbons (Fsp3) is 0.429. The van der Waals surface area contributed by atoms with Gasteiger partial charge in [0.1, 0.15) is 17.5 Å². The smallest absolute Gasteiger partial charge is 0.333 e. The minimum Gasteiger partial charge on any atom is -0.479 e. The van der Waals surface area contributed by atoms with Gasteiger partial charge >= 0.3 is 5.97 Å². The second kappa shape index (κ2) is 5.38. The van der Waals surface area contributed by atoms with E-state index in [-0.39, 0.29) is 18.0 Å². The Kier molecular flexibility index (Phi) is 3.80. The van der Waals surface area contributed by atoms with Gasteiger partial charge in [0, 0.05) is 10.0 Å².